The lowest BCUT2D eigenvalue weighted by Gasteiger charge is -2.58. The van der Waals surface area contributed by atoms with Gasteiger partial charge in [-0.15, -0.1) is 0 Å². The Morgan fingerprint density at radius 3 is 2.64 bits per heavy atom. The number of alkyl halides is 1. The first-order chi connectivity index (χ1) is 11.9. The molecular formula is C21H31FO3. The number of allylic oxidation sites excluding steroid dienone is 1. The topological polar surface area (TPSA) is 38.7 Å². The van der Waals surface area contributed by atoms with Crippen molar-refractivity contribution in [3.63, 3.8) is 0 Å². The molecule has 1 heterocycles. The third-order valence-corrected chi connectivity index (χ3v) is 8.85. The maximum atomic E-state index is 15.2. The molecule has 4 heteroatoms. The molecule has 0 aromatic rings. The van der Waals surface area contributed by atoms with Crippen molar-refractivity contribution in [2.45, 2.75) is 76.9 Å². The third kappa shape index (κ3) is 1.97. The fourth-order valence-electron chi connectivity index (χ4n) is 7.50. The summed E-state index contributed by atoms with van der Waals surface area (Å²) in [5, 5.41) is 10.1. The van der Waals surface area contributed by atoms with E-state index in [1.54, 1.807) is 0 Å². The van der Waals surface area contributed by atoms with Crippen molar-refractivity contribution in [2.24, 2.45) is 28.6 Å². The predicted molar refractivity (Wildman–Crippen MR) is 92.6 cm³/mol. The number of hydrogen-bond donors (Lipinski definition) is 1. The molecule has 7 atom stereocenters. The van der Waals surface area contributed by atoms with E-state index in [1.807, 2.05) is 0 Å². The summed E-state index contributed by atoms with van der Waals surface area (Å²) in [6, 6.07) is 0. The van der Waals surface area contributed by atoms with E-state index >= 15 is 4.39 Å². The van der Waals surface area contributed by atoms with Crippen LogP contribution in [0, 0.1) is 28.6 Å². The van der Waals surface area contributed by atoms with E-state index in [9.17, 15) is 5.11 Å². The van der Waals surface area contributed by atoms with Crippen LogP contribution in [0.5, 0.6) is 0 Å². The fraction of sp³-hybridized carbons (Fsp3) is 0.905. The molecule has 1 N–H and O–H groups in total. The maximum Gasteiger partial charge on any atom is 0.205 e. The van der Waals surface area contributed by atoms with Crippen LogP contribution in [0.15, 0.2) is 11.6 Å². The molecule has 0 radical (unpaired) electrons. The number of aliphatic hydroxyl groups is 1. The number of rotatable bonds is 0. The molecule has 140 valence electrons. The van der Waals surface area contributed by atoms with Gasteiger partial charge in [0.05, 0.1) is 19.3 Å². The molecule has 4 fully saturated rings. The zero-order chi connectivity index (χ0) is 17.4. The van der Waals surface area contributed by atoms with E-state index in [0.717, 1.165) is 38.5 Å². The molecule has 0 aromatic carbocycles. The van der Waals surface area contributed by atoms with Crippen molar-refractivity contribution in [1.82, 2.24) is 0 Å². The molecule has 0 amide bonds. The summed E-state index contributed by atoms with van der Waals surface area (Å²) in [7, 11) is 0. The Bertz CT molecular complexity index is 598. The number of aliphatic hydroxyl groups excluding tert-OH is 1. The average molecular weight is 350 g/mol. The van der Waals surface area contributed by atoms with Gasteiger partial charge in [-0.1, -0.05) is 25.5 Å². The SMILES string of the molecule is C[C@]12CC[C@H](O)CC1=CCC1C2CC[C@@]2(C)C1C[C@@H](F)C21OCCO1. The van der Waals surface area contributed by atoms with Crippen molar-refractivity contribution >= 4 is 0 Å². The molecule has 5 rings (SSSR count). The highest BCUT2D eigenvalue weighted by atomic mass is 19.1. The van der Waals surface area contributed by atoms with Gasteiger partial charge >= 0.3 is 0 Å². The largest absolute Gasteiger partial charge is 0.393 e. The Morgan fingerprint density at radius 2 is 1.88 bits per heavy atom. The molecule has 1 aliphatic heterocycles. The van der Waals surface area contributed by atoms with Crippen LogP contribution in [0.1, 0.15) is 58.8 Å². The lowest BCUT2D eigenvalue weighted by molar-refractivity contribution is -0.262. The van der Waals surface area contributed by atoms with Crippen LogP contribution in [0.4, 0.5) is 4.39 Å². The second-order valence-electron chi connectivity index (χ2n) is 9.68. The van der Waals surface area contributed by atoms with Gasteiger partial charge in [-0.25, -0.2) is 4.39 Å². The monoisotopic (exact) mass is 350 g/mol. The quantitative estimate of drug-likeness (QED) is 0.671. The zero-order valence-electron chi connectivity index (χ0n) is 15.5. The highest BCUT2D eigenvalue weighted by molar-refractivity contribution is 5.26. The molecule has 3 nitrogen and oxygen atoms in total. The van der Waals surface area contributed by atoms with E-state index in [0.29, 0.717) is 37.4 Å². The van der Waals surface area contributed by atoms with Gasteiger partial charge < -0.3 is 14.6 Å². The Morgan fingerprint density at radius 1 is 1.12 bits per heavy atom. The van der Waals surface area contributed by atoms with Crippen molar-refractivity contribution < 1.29 is 19.0 Å². The van der Waals surface area contributed by atoms with Gasteiger partial charge in [0.1, 0.15) is 0 Å². The first kappa shape index (κ1) is 16.7. The molecule has 3 unspecified atom stereocenters. The van der Waals surface area contributed by atoms with E-state index < -0.39 is 12.0 Å². The summed E-state index contributed by atoms with van der Waals surface area (Å²) in [6.07, 6.45) is 7.76. The first-order valence-corrected chi connectivity index (χ1v) is 10.2. The average Bonchev–Trinajstić information content (AvgIpc) is 3.16. The lowest BCUT2D eigenvalue weighted by atomic mass is 9.47. The van der Waals surface area contributed by atoms with Crippen molar-refractivity contribution in [3.05, 3.63) is 11.6 Å². The zero-order valence-corrected chi connectivity index (χ0v) is 15.5. The highest BCUT2D eigenvalue weighted by Crippen LogP contribution is 2.68. The Labute approximate surface area is 150 Å². The van der Waals surface area contributed by atoms with Crippen LogP contribution in [0.25, 0.3) is 0 Å². The van der Waals surface area contributed by atoms with Crippen LogP contribution >= 0.6 is 0 Å². The second kappa shape index (κ2) is 5.30. The lowest BCUT2D eigenvalue weighted by Crippen LogP contribution is -2.56. The van der Waals surface area contributed by atoms with Gasteiger partial charge in [-0.2, -0.15) is 0 Å². The predicted octanol–water partition coefficient (Wildman–Crippen LogP) is 4.00. The van der Waals surface area contributed by atoms with Crippen LogP contribution in [0.3, 0.4) is 0 Å². The van der Waals surface area contributed by atoms with Crippen LogP contribution < -0.4 is 0 Å². The van der Waals surface area contributed by atoms with Crippen molar-refractivity contribution in [2.75, 3.05) is 13.2 Å². The third-order valence-electron chi connectivity index (χ3n) is 8.85. The molecule has 3 saturated carbocycles. The Hall–Kier alpha value is -0.450. The Kier molecular flexibility index (Phi) is 3.54. The van der Waals surface area contributed by atoms with E-state index in [2.05, 4.69) is 19.9 Å². The van der Waals surface area contributed by atoms with Crippen molar-refractivity contribution in [3.8, 4) is 0 Å². The summed E-state index contributed by atoms with van der Waals surface area (Å²) in [5.74, 6) is 0.479. The molecule has 0 bridgehead atoms. The number of hydrogen-bond acceptors (Lipinski definition) is 3. The van der Waals surface area contributed by atoms with Crippen LogP contribution in [0.2, 0.25) is 0 Å². The number of ether oxygens (including phenoxy) is 2. The van der Waals surface area contributed by atoms with E-state index in [4.69, 9.17) is 9.47 Å². The van der Waals surface area contributed by atoms with Crippen molar-refractivity contribution in [1.29, 1.82) is 0 Å². The highest BCUT2D eigenvalue weighted by Gasteiger charge is 2.71. The molecular weight excluding hydrogens is 319 g/mol. The minimum absolute atomic E-state index is 0.171. The summed E-state index contributed by atoms with van der Waals surface area (Å²) < 4.78 is 27.1. The normalized spacial score (nSPS) is 53.9. The summed E-state index contributed by atoms with van der Waals surface area (Å²) in [4.78, 5) is 0. The first-order valence-electron chi connectivity index (χ1n) is 10.2. The molecule has 0 aromatic heterocycles. The maximum absolute atomic E-state index is 15.2. The number of halogens is 1. The summed E-state index contributed by atoms with van der Waals surface area (Å²) in [6.45, 7) is 5.68. The van der Waals surface area contributed by atoms with Crippen LogP contribution in [-0.4, -0.2) is 36.4 Å². The minimum atomic E-state index is -1.00. The van der Waals surface area contributed by atoms with Gasteiger partial charge in [0.15, 0.2) is 6.17 Å². The van der Waals surface area contributed by atoms with Gasteiger partial charge in [0, 0.05) is 5.41 Å². The van der Waals surface area contributed by atoms with E-state index in [-0.39, 0.29) is 16.9 Å². The van der Waals surface area contributed by atoms with E-state index in [1.165, 1.54) is 5.57 Å². The molecule has 4 aliphatic carbocycles. The summed E-state index contributed by atoms with van der Waals surface area (Å²) >= 11 is 0. The van der Waals surface area contributed by atoms with Gasteiger partial charge in [-0.05, 0) is 68.1 Å². The summed E-state index contributed by atoms with van der Waals surface area (Å²) in [5.41, 5.74) is 1.46. The molecule has 1 spiro atoms. The number of fused-ring (bicyclic) bond motifs is 6. The second-order valence-corrected chi connectivity index (χ2v) is 9.68. The Balaban J connectivity index is 1.51. The molecule has 25 heavy (non-hydrogen) atoms. The molecule has 5 aliphatic rings. The standard InChI is InChI=1S/C21H31FO3/c1-19-7-5-14(23)11-13(19)3-4-15-16(19)6-8-20(2)17(15)12-18(22)21(20)24-9-10-25-21/h3,14-18,23H,4-12H2,1-2H3/t14-,15?,16?,17?,18+,19-,20-/m0/s1. The minimum Gasteiger partial charge on any atom is -0.393 e. The smallest absolute Gasteiger partial charge is 0.205 e. The van der Waals surface area contributed by atoms with Gasteiger partial charge in [-0.3, -0.25) is 0 Å². The van der Waals surface area contributed by atoms with Crippen LogP contribution in [-0.2, 0) is 9.47 Å². The fourth-order valence-corrected chi connectivity index (χ4v) is 7.50. The van der Waals surface area contributed by atoms with Gasteiger partial charge in [0.25, 0.3) is 0 Å². The van der Waals surface area contributed by atoms with Gasteiger partial charge in [0.2, 0.25) is 5.79 Å². The molecule has 1 saturated heterocycles.